The number of allylic oxidation sites excluding steroid dienone is 1. The summed E-state index contributed by atoms with van der Waals surface area (Å²) in [5.41, 5.74) is 5.27. The number of thiophene rings is 1. The normalized spacial score (nSPS) is 18.6. The van der Waals surface area contributed by atoms with Gasteiger partial charge in [-0.2, -0.15) is 5.10 Å². The molecule has 0 spiro atoms. The van der Waals surface area contributed by atoms with Gasteiger partial charge in [-0.3, -0.25) is 10.1 Å². The Balaban J connectivity index is 1.65. The summed E-state index contributed by atoms with van der Waals surface area (Å²) in [6, 6.07) is 21.0. The van der Waals surface area contributed by atoms with Crippen molar-refractivity contribution in [2.75, 3.05) is 0 Å². The van der Waals surface area contributed by atoms with Gasteiger partial charge in [-0.1, -0.05) is 54.6 Å². The molecule has 3 heterocycles. The van der Waals surface area contributed by atoms with Gasteiger partial charge in [0, 0.05) is 28.8 Å². The van der Waals surface area contributed by atoms with E-state index in [1.54, 1.807) is 11.3 Å². The number of pyridine rings is 1. The summed E-state index contributed by atoms with van der Waals surface area (Å²) in [5.74, 6) is 0. The summed E-state index contributed by atoms with van der Waals surface area (Å²) in [6.45, 7) is 0. The number of hydrogen-bond acceptors (Lipinski definition) is 3. The lowest BCUT2D eigenvalue weighted by Crippen LogP contribution is -2.29. The lowest BCUT2D eigenvalue weighted by atomic mass is 9.72. The van der Waals surface area contributed by atoms with Gasteiger partial charge in [0.15, 0.2) is 0 Å². The molecule has 1 unspecified atom stereocenters. The molecule has 1 aliphatic carbocycles. The van der Waals surface area contributed by atoms with Crippen molar-refractivity contribution in [1.29, 1.82) is 0 Å². The topological polar surface area (TPSA) is 41.6 Å². The van der Waals surface area contributed by atoms with E-state index in [0.29, 0.717) is 0 Å². The lowest BCUT2D eigenvalue weighted by Gasteiger charge is -2.33. The van der Waals surface area contributed by atoms with Gasteiger partial charge in [0.25, 0.3) is 0 Å². The van der Waals surface area contributed by atoms with E-state index in [0.717, 1.165) is 29.1 Å². The third-order valence-electron chi connectivity index (χ3n) is 5.03. The Hall–Kier alpha value is -2.98. The molecule has 5 rings (SSSR count). The highest BCUT2D eigenvalue weighted by Crippen LogP contribution is 2.44. The van der Waals surface area contributed by atoms with E-state index in [4.69, 9.17) is 0 Å². The molecule has 3 aromatic heterocycles. The molecule has 0 amide bonds. The summed E-state index contributed by atoms with van der Waals surface area (Å²) in [4.78, 5) is 5.81. The van der Waals surface area contributed by atoms with E-state index in [2.05, 4.69) is 75.2 Å². The second-order valence-electron chi connectivity index (χ2n) is 6.50. The minimum atomic E-state index is -0.156. The number of benzene rings is 1. The quantitative estimate of drug-likeness (QED) is 0.556. The standard InChI is InChI=1S/C22H17N3S/c1-2-7-16(8-3-1)22(20-10-6-14-26-20)12-11-17-19(15-22)24-25-21(17)18-9-4-5-13-23-18/h1-14H,15H2,(H,24,25). The van der Waals surface area contributed by atoms with Gasteiger partial charge in [-0.15, -0.1) is 11.3 Å². The zero-order chi connectivity index (χ0) is 17.4. The average molecular weight is 355 g/mol. The van der Waals surface area contributed by atoms with Gasteiger partial charge in [-0.05, 0) is 29.1 Å². The van der Waals surface area contributed by atoms with Crippen LogP contribution in [0.2, 0.25) is 0 Å². The molecule has 1 aromatic carbocycles. The van der Waals surface area contributed by atoms with Crippen molar-refractivity contribution in [1.82, 2.24) is 15.2 Å². The number of hydrogen-bond donors (Lipinski definition) is 1. The van der Waals surface area contributed by atoms with Crippen LogP contribution in [0.5, 0.6) is 0 Å². The van der Waals surface area contributed by atoms with Crippen LogP contribution in [0.3, 0.4) is 0 Å². The molecular weight excluding hydrogens is 338 g/mol. The van der Waals surface area contributed by atoms with Crippen LogP contribution in [0.15, 0.2) is 78.3 Å². The van der Waals surface area contributed by atoms with Crippen molar-refractivity contribution >= 4 is 17.4 Å². The average Bonchev–Trinajstić information content (AvgIpc) is 3.39. The first-order chi connectivity index (χ1) is 12.9. The van der Waals surface area contributed by atoms with Crippen LogP contribution in [0.25, 0.3) is 17.5 Å². The first kappa shape index (κ1) is 15.3. The molecule has 1 N–H and O–H groups in total. The van der Waals surface area contributed by atoms with Crippen molar-refractivity contribution < 1.29 is 0 Å². The molecule has 26 heavy (non-hydrogen) atoms. The minimum Gasteiger partial charge on any atom is -0.281 e. The number of fused-ring (bicyclic) bond motifs is 1. The van der Waals surface area contributed by atoms with Crippen molar-refractivity contribution in [3.05, 3.63) is 100 Å². The maximum atomic E-state index is 4.57. The van der Waals surface area contributed by atoms with Crippen LogP contribution < -0.4 is 0 Å². The molecule has 0 saturated carbocycles. The van der Waals surface area contributed by atoms with E-state index in [1.807, 2.05) is 24.4 Å². The molecule has 0 aliphatic heterocycles. The Bertz CT molecular complexity index is 1050. The Labute approximate surface area is 156 Å². The second kappa shape index (κ2) is 6.07. The third kappa shape index (κ3) is 2.34. The molecule has 1 aliphatic rings. The highest BCUT2D eigenvalue weighted by Gasteiger charge is 2.37. The summed E-state index contributed by atoms with van der Waals surface area (Å²) in [7, 11) is 0. The number of nitrogens with one attached hydrogen (secondary N) is 1. The summed E-state index contributed by atoms with van der Waals surface area (Å²) >= 11 is 1.80. The van der Waals surface area contributed by atoms with Crippen LogP contribution in [-0.4, -0.2) is 15.2 Å². The van der Waals surface area contributed by atoms with Crippen LogP contribution in [-0.2, 0) is 11.8 Å². The number of aromatic amines is 1. The molecule has 126 valence electrons. The fraction of sp³-hybridized carbons (Fsp3) is 0.0909. The van der Waals surface area contributed by atoms with Crippen LogP contribution in [0, 0.1) is 0 Å². The molecule has 1 atom stereocenters. The van der Waals surface area contributed by atoms with Gasteiger partial charge >= 0.3 is 0 Å². The number of aromatic nitrogens is 3. The van der Waals surface area contributed by atoms with E-state index in [9.17, 15) is 0 Å². The van der Waals surface area contributed by atoms with Crippen LogP contribution in [0.4, 0.5) is 0 Å². The van der Waals surface area contributed by atoms with Crippen LogP contribution >= 0.6 is 11.3 Å². The summed E-state index contributed by atoms with van der Waals surface area (Å²) < 4.78 is 0. The zero-order valence-corrected chi connectivity index (χ0v) is 14.9. The first-order valence-electron chi connectivity index (χ1n) is 8.64. The maximum absolute atomic E-state index is 4.57. The van der Waals surface area contributed by atoms with Crippen molar-refractivity contribution in [2.24, 2.45) is 0 Å². The van der Waals surface area contributed by atoms with E-state index in [1.165, 1.54) is 10.4 Å². The first-order valence-corrected chi connectivity index (χ1v) is 9.52. The minimum absolute atomic E-state index is 0.156. The summed E-state index contributed by atoms with van der Waals surface area (Å²) in [5, 5.41) is 10.00. The van der Waals surface area contributed by atoms with E-state index < -0.39 is 0 Å². The second-order valence-corrected chi connectivity index (χ2v) is 7.45. The Morgan fingerprint density at radius 2 is 1.85 bits per heavy atom. The molecule has 0 radical (unpaired) electrons. The molecular formula is C22H17N3S. The third-order valence-corrected chi connectivity index (χ3v) is 6.08. The Morgan fingerprint density at radius 3 is 2.62 bits per heavy atom. The van der Waals surface area contributed by atoms with Gasteiger partial charge in [-0.25, -0.2) is 0 Å². The monoisotopic (exact) mass is 355 g/mol. The molecule has 0 fully saturated rings. The number of nitrogens with zero attached hydrogens (tertiary/aromatic N) is 2. The molecule has 4 heteroatoms. The SMILES string of the molecule is C1=CC(c2ccccc2)(c2cccs2)Cc2[nH]nc(-c3ccccn3)c21. The fourth-order valence-electron chi connectivity index (χ4n) is 3.74. The highest BCUT2D eigenvalue weighted by molar-refractivity contribution is 7.10. The Morgan fingerprint density at radius 1 is 0.962 bits per heavy atom. The lowest BCUT2D eigenvalue weighted by molar-refractivity contribution is 0.633. The predicted molar refractivity (Wildman–Crippen MR) is 106 cm³/mol. The maximum Gasteiger partial charge on any atom is 0.118 e. The van der Waals surface area contributed by atoms with Crippen LogP contribution in [0.1, 0.15) is 21.7 Å². The largest absolute Gasteiger partial charge is 0.281 e. The van der Waals surface area contributed by atoms with Gasteiger partial charge in [0.1, 0.15) is 5.69 Å². The molecule has 0 bridgehead atoms. The zero-order valence-electron chi connectivity index (χ0n) is 14.1. The van der Waals surface area contributed by atoms with E-state index >= 15 is 0 Å². The predicted octanol–water partition coefficient (Wildman–Crippen LogP) is 5.09. The molecule has 4 aromatic rings. The van der Waals surface area contributed by atoms with E-state index in [-0.39, 0.29) is 5.41 Å². The van der Waals surface area contributed by atoms with Gasteiger partial charge in [0.2, 0.25) is 0 Å². The van der Waals surface area contributed by atoms with Gasteiger partial charge in [0.05, 0.1) is 11.1 Å². The van der Waals surface area contributed by atoms with Crippen molar-refractivity contribution in [2.45, 2.75) is 11.8 Å². The Kier molecular flexibility index (Phi) is 3.57. The molecule has 3 nitrogen and oxygen atoms in total. The summed E-state index contributed by atoms with van der Waals surface area (Å²) in [6.07, 6.45) is 7.21. The molecule has 0 saturated heterocycles. The number of rotatable bonds is 3. The number of H-pyrrole nitrogens is 1. The van der Waals surface area contributed by atoms with Crippen molar-refractivity contribution in [3.8, 4) is 11.4 Å². The highest BCUT2D eigenvalue weighted by atomic mass is 32.1. The fourth-order valence-corrected chi connectivity index (χ4v) is 4.67. The van der Waals surface area contributed by atoms with Crippen molar-refractivity contribution in [3.63, 3.8) is 0 Å². The smallest absolute Gasteiger partial charge is 0.118 e. The van der Waals surface area contributed by atoms with Gasteiger partial charge < -0.3 is 0 Å².